The van der Waals surface area contributed by atoms with E-state index >= 15 is 0 Å². The van der Waals surface area contributed by atoms with Crippen LogP contribution in [0.3, 0.4) is 0 Å². The summed E-state index contributed by atoms with van der Waals surface area (Å²) in [5, 5.41) is 18.7. The minimum absolute atomic E-state index is 0.0324. The lowest BCUT2D eigenvalue weighted by Crippen LogP contribution is -1.96. The van der Waals surface area contributed by atoms with Crippen molar-refractivity contribution >= 4 is 11.7 Å². The third kappa shape index (κ3) is 3.25. The summed E-state index contributed by atoms with van der Waals surface area (Å²) in [4.78, 5) is 10.8. The summed E-state index contributed by atoms with van der Waals surface area (Å²) in [6.07, 6.45) is 0. The first-order valence-corrected chi connectivity index (χ1v) is 6.01. The van der Waals surface area contributed by atoms with Gasteiger partial charge in [0.05, 0.1) is 11.3 Å². The smallest absolute Gasteiger partial charge is 0.335 e. The van der Waals surface area contributed by atoms with Crippen LogP contribution in [0.25, 0.3) is 11.1 Å². The molecule has 4 N–H and O–H groups in total. The highest BCUT2D eigenvalue weighted by Gasteiger charge is 2.09. The summed E-state index contributed by atoms with van der Waals surface area (Å²) in [6.45, 7) is 4.00. The van der Waals surface area contributed by atoms with Crippen molar-refractivity contribution in [2.75, 3.05) is 5.73 Å². The minimum Gasteiger partial charge on any atom is -0.505 e. The van der Waals surface area contributed by atoms with Gasteiger partial charge < -0.3 is 15.9 Å². The molecule has 0 aliphatic carbocycles. The summed E-state index contributed by atoms with van der Waals surface area (Å²) in [6, 6.07) is 11.3. The number of aromatic hydroxyl groups is 1. The van der Waals surface area contributed by atoms with Crippen LogP contribution < -0.4 is 5.73 Å². The molecule has 0 spiro atoms. The van der Waals surface area contributed by atoms with Gasteiger partial charge >= 0.3 is 5.97 Å². The van der Waals surface area contributed by atoms with Gasteiger partial charge in [0.15, 0.2) is 0 Å². The Balaban J connectivity index is 0.000000861. The topological polar surface area (TPSA) is 83.6 Å². The Morgan fingerprint density at radius 3 is 2.37 bits per heavy atom. The molecule has 2 aromatic rings. The molecule has 0 aliphatic rings. The highest BCUT2D eigenvalue weighted by molar-refractivity contribution is 5.90. The Morgan fingerprint density at radius 1 is 1.11 bits per heavy atom. The van der Waals surface area contributed by atoms with Gasteiger partial charge in [0.25, 0.3) is 0 Å². The molecular formula is C15H17NO3. The monoisotopic (exact) mass is 259 g/mol. The predicted octanol–water partition coefficient (Wildman–Crippen LogP) is 3.37. The van der Waals surface area contributed by atoms with Crippen molar-refractivity contribution in [1.29, 1.82) is 0 Å². The Kier molecular flexibility index (Phi) is 4.94. The molecule has 4 heteroatoms. The molecule has 0 fully saturated rings. The average molecular weight is 259 g/mol. The van der Waals surface area contributed by atoms with E-state index in [1.54, 1.807) is 30.3 Å². The Hall–Kier alpha value is -2.49. The zero-order valence-electron chi connectivity index (χ0n) is 10.9. The number of carboxylic acids is 1. The summed E-state index contributed by atoms with van der Waals surface area (Å²) in [5.74, 6) is -1.04. The molecule has 0 aliphatic heterocycles. The standard InChI is InChI=1S/C13H11NO3.C2H6/c14-11-6-2-5-10(12(11)15)8-3-1-4-9(7-8)13(16)17;1-2/h1-7,15H,14H2,(H,16,17);1-2H3. The van der Waals surface area contributed by atoms with Gasteiger partial charge in [0.1, 0.15) is 5.75 Å². The number of phenolic OH excluding ortho intramolecular Hbond substituents is 1. The number of anilines is 1. The number of carbonyl (C=O) groups is 1. The van der Waals surface area contributed by atoms with Gasteiger partial charge in [-0.15, -0.1) is 0 Å². The van der Waals surface area contributed by atoms with Crippen molar-refractivity contribution in [3.8, 4) is 16.9 Å². The lowest BCUT2D eigenvalue weighted by molar-refractivity contribution is 0.0697. The molecule has 0 radical (unpaired) electrons. The molecule has 0 saturated carbocycles. The molecular weight excluding hydrogens is 242 g/mol. The third-order valence-electron chi connectivity index (χ3n) is 2.49. The number of aromatic carboxylic acids is 1. The van der Waals surface area contributed by atoms with Crippen LogP contribution in [-0.2, 0) is 0 Å². The normalized spacial score (nSPS) is 9.37. The SMILES string of the molecule is CC.Nc1cccc(-c2cccc(C(=O)O)c2)c1O. The molecule has 19 heavy (non-hydrogen) atoms. The second-order valence-corrected chi connectivity index (χ2v) is 3.63. The van der Waals surface area contributed by atoms with Crippen molar-refractivity contribution in [3.63, 3.8) is 0 Å². The van der Waals surface area contributed by atoms with Gasteiger partial charge in [0.2, 0.25) is 0 Å². The quantitative estimate of drug-likeness (QED) is 0.570. The fourth-order valence-corrected chi connectivity index (χ4v) is 1.61. The molecule has 0 atom stereocenters. The van der Waals surface area contributed by atoms with Crippen LogP contribution in [0.2, 0.25) is 0 Å². The van der Waals surface area contributed by atoms with E-state index in [0.29, 0.717) is 11.1 Å². The maximum absolute atomic E-state index is 10.8. The van der Waals surface area contributed by atoms with Crippen LogP contribution in [0, 0.1) is 0 Å². The summed E-state index contributed by atoms with van der Waals surface area (Å²) in [5.41, 5.74) is 7.17. The van der Waals surface area contributed by atoms with E-state index in [4.69, 9.17) is 10.8 Å². The number of hydrogen-bond acceptors (Lipinski definition) is 3. The second kappa shape index (κ2) is 6.44. The van der Waals surface area contributed by atoms with Gasteiger partial charge in [-0.05, 0) is 23.8 Å². The fraction of sp³-hybridized carbons (Fsp3) is 0.133. The second-order valence-electron chi connectivity index (χ2n) is 3.63. The molecule has 0 aromatic heterocycles. The van der Waals surface area contributed by atoms with Crippen molar-refractivity contribution in [1.82, 2.24) is 0 Å². The number of carboxylic acid groups (broad SMARTS) is 1. The van der Waals surface area contributed by atoms with Crippen LogP contribution in [0.1, 0.15) is 24.2 Å². The lowest BCUT2D eigenvalue weighted by atomic mass is 10.0. The van der Waals surface area contributed by atoms with E-state index in [-0.39, 0.29) is 17.0 Å². The van der Waals surface area contributed by atoms with Crippen LogP contribution >= 0.6 is 0 Å². The first-order chi connectivity index (χ1) is 9.09. The number of para-hydroxylation sites is 1. The number of phenols is 1. The van der Waals surface area contributed by atoms with Crippen molar-refractivity contribution < 1.29 is 15.0 Å². The lowest BCUT2D eigenvalue weighted by Gasteiger charge is -2.07. The predicted molar refractivity (Wildman–Crippen MR) is 76.3 cm³/mol. The van der Waals surface area contributed by atoms with Gasteiger partial charge in [-0.2, -0.15) is 0 Å². The summed E-state index contributed by atoms with van der Waals surface area (Å²) >= 11 is 0. The molecule has 0 saturated heterocycles. The third-order valence-corrected chi connectivity index (χ3v) is 2.49. The van der Waals surface area contributed by atoms with Crippen molar-refractivity contribution in [2.24, 2.45) is 0 Å². The highest BCUT2D eigenvalue weighted by atomic mass is 16.4. The molecule has 2 aromatic carbocycles. The fourth-order valence-electron chi connectivity index (χ4n) is 1.61. The summed E-state index contributed by atoms with van der Waals surface area (Å²) in [7, 11) is 0. The Morgan fingerprint density at radius 2 is 1.74 bits per heavy atom. The molecule has 100 valence electrons. The number of benzene rings is 2. The highest BCUT2D eigenvalue weighted by Crippen LogP contribution is 2.33. The Labute approximate surface area is 112 Å². The van der Waals surface area contributed by atoms with E-state index in [1.165, 1.54) is 12.1 Å². The molecule has 0 amide bonds. The average Bonchev–Trinajstić information content (AvgIpc) is 2.44. The maximum Gasteiger partial charge on any atom is 0.335 e. The molecule has 2 rings (SSSR count). The molecule has 4 nitrogen and oxygen atoms in total. The number of rotatable bonds is 2. The number of nitrogen functional groups attached to an aromatic ring is 1. The van der Waals surface area contributed by atoms with Crippen molar-refractivity contribution in [2.45, 2.75) is 13.8 Å². The zero-order valence-corrected chi connectivity index (χ0v) is 10.9. The van der Waals surface area contributed by atoms with Crippen LogP contribution in [-0.4, -0.2) is 16.2 Å². The maximum atomic E-state index is 10.8. The zero-order chi connectivity index (χ0) is 14.4. The number of nitrogens with two attached hydrogens (primary N) is 1. The van der Waals surface area contributed by atoms with E-state index < -0.39 is 5.97 Å². The van der Waals surface area contributed by atoms with Gasteiger partial charge in [-0.3, -0.25) is 0 Å². The van der Waals surface area contributed by atoms with Crippen LogP contribution in [0.15, 0.2) is 42.5 Å². The minimum atomic E-state index is -1.00. The van der Waals surface area contributed by atoms with E-state index in [2.05, 4.69) is 0 Å². The van der Waals surface area contributed by atoms with Gasteiger partial charge in [-0.25, -0.2) is 4.79 Å². The number of hydrogen-bond donors (Lipinski definition) is 3. The first-order valence-electron chi connectivity index (χ1n) is 6.01. The van der Waals surface area contributed by atoms with Crippen LogP contribution in [0.5, 0.6) is 5.75 Å². The summed E-state index contributed by atoms with van der Waals surface area (Å²) < 4.78 is 0. The first kappa shape index (κ1) is 14.6. The largest absolute Gasteiger partial charge is 0.505 e. The van der Waals surface area contributed by atoms with E-state index in [1.807, 2.05) is 13.8 Å². The van der Waals surface area contributed by atoms with Gasteiger partial charge in [-0.1, -0.05) is 38.1 Å². The van der Waals surface area contributed by atoms with E-state index in [0.717, 1.165) is 0 Å². The van der Waals surface area contributed by atoms with Crippen LogP contribution in [0.4, 0.5) is 5.69 Å². The van der Waals surface area contributed by atoms with Crippen molar-refractivity contribution in [3.05, 3.63) is 48.0 Å². The van der Waals surface area contributed by atoms with Gasteiger partial charge in [0, 0.05) is 5.56 Å². The van der Waals surface area contributed by atoms with E-state index in [9.17, 15) is 9.90 Å². The molecule has 0 heterocycles. The molecule has 0 bridgehead atoms. The Bertz CT molecular complexity index is 579. The molecule has 0 unspecified atom stereocenters.